The fraction of sp³-hybridized carbons (Fsp3) is 0.238. The van der Waals surface area contributed by atoms with Crippen LogP contribution >= 0.6 is 0 Å². The minimum atomic E-state index is -0.374. The maximum Gasteiger partial charge on any atom is 0.294 e. The Hall–Kier alpha value is -4.48. The number of hydrogen-bond acceptors (Lipinski definition) is 8. The van der Waals surface area contributed by atoms with Crippen molar-refractivity contribution in [1.82, 2.24) is 50.2 Å². The topological polar surface area (TPSA) is 128 Å². The molecule has 0 N–H and O–H groups in total. The highest BCUT2D eigenvalue weighted by Crippen LogP contribution is 2.17. The average molecular weight is 444 g/mol. The lowest BCUT2D eigenvalue weighted by Gasteiger charge is -2.27. The molecule has 0 spiro atoms. The molecule has 1 saturated heterocycles. The van der Waals surface area contributed by atoms with Crippen LogP contribution in [0.3, 0.4) is 0 Å². The monoisotopic (exact) mass is 444 g/mol. The molecule has 5 rings (SSSR count). The van der Waals surface area contributed by atoms with E-state index in [2.05, 4.69) is 30.6 Å². The van der Waals surface area contributed by atoms with Crippen LogP contribution in [-0.4, -0.2) is 75.1 Å². The molecule has 1 fully saturated rings. The molecule has 2 amide bonds. The highest BCUT2D eigenvalue weighted by Gasteiger charge is 2.34. The summed E-state index contributed by atoms with van der Waals surface area (Å²) in [6.45, 7) is 2.39. The summed E-state index contributed by atoms with van der Waals surface area (Å²) in [6, 6.07) is 14.7. The van der Waals surface area contributed by atoms with Crippen LogP contribution in [0.25, 0.3) is 17.2 Å². The Kier molecular flexibility index (Phi) is 5.30. The lowest BCUT2D eigenvalue weighted by atomic mass is 10.3. The highest BCUT2D eigenvalue weighted by atomic mass is 16.2. The van der Waals surface area contributed by atoms with Crippen molar-refractivity contribution in [3.8, 4) is 17.2 Å². The van der Waals surface area contributed by atoms with Crippen LogP contribution < -0.4 is 0 Å². The molecule has 0 atom stereocenters. The van der Waals surface area contributed by atoms with Gasteiger partial charge in [0.15, 0.2) is 5.69 Å². The molecule has 0 radical (unpaired) electrons. The lowest BCUT2D eigenvalue weighted by Crippen LogP contribution is -2.46. The number of pyridine rings is 1. The zero-order valence-corrected chi connectivity index (χ0v) is 17.8. The number of nitrogens with zero attached hydrogens (tertiary/aromatic N) is 10. The standard InChI is InChI=1S/C21H20N10O2/c1-15-19(25-31(24-15)16-8-3-2-4-9-16)21(33)29-13-7-12-28(29)18(32)14-30-26-20(23-27-30)17-10-5-6-11-22-17/h2-6,8-11H,7,12-14H2,1H3. The van der Waals surface area contributed by atoms with E-state index in [1.54, 1.807) is 25.3 Å². The number of para-hydroxylation sites is 1. The zero-order valence-electron chi connectivity index (χ0n) is 17.8. The van der Waals surface area contributed by atoms with Gasteiger partial charge in [-0.25, -0.2) is 10.0 Å². The van der Waals surface area contributed by atoms with Gasteiger partial charge in [-0.05, 0) is 42.8 Å². The fourth-order valence-electron chi connectivity index (χ4n) is 3.57. The predicted molar refractivity (Wildman–Crippen MR) is 115 cm³/mol. The van der Waals surface area contributed by atoms with Crippen molar-refractivity contribution in [2.24, 2.45) is 0 Å². The van der Waals surface area contributed by atoms with Crippen LogP contribution in [0.15, 0.2) is 54.7 Å². The van der Waals surface area contributed by atoms with Gasteiger partial charge in [-0.15, -0.1) is 15.3 Å². The van der Waals surface area contributed by atoms with Crippen LogP contribution in [0.4, 0.5) is 0 Å². The summed E-state index contributed by atoms with van der Waals surface area (Å²) in [4.78, 5) is 33.0. The number of aromatic nitrogens is 8. The summed E-state index contributed by atoms with van der Waals surface area (Å²) in [7, 11) is 0. The molecular formula is C21H20N10O2. The zero-order chi connectivity index (χ0) is 22.8. The molecule has 1 aromatic carbocycles. The summed E-state index contributed by atoms with van der Waals surface area (Å²) < 4.78 is 0. The minimum Gasteiger partial charge on any atom is -0.271 e. The molecule has 0 aliphatic carbocycles. The van der Waals surface area contributed by atoms with E-state index in [0.29, 0.717) is 36.7 Å². The first-order valence-electron chi connectivity index (χ1n) is 10.4. The molecule has 166 valence electrons. The minimum absolute atomic E-state index is 0.153. The number of carbonyl (C=O) groups is 2. The summed E-state index contributed by atoms with van der Waals surface area (Å²) >= 11 is 0. The van der Waals surface area contributed by atoms with E-state index in [9.17, 15) is 9.59 Å². The van der Waals surface area contributed by atoms with Crippen molar-refractivity contribution in [3.05, 3.63) is 66.1 Å². The number of benzene rings is 1. The van der Waals surface area contributed by atoms with Gasteiger partial charge in [-0.2, -0.15) is 14.7 Å². The Morgan fingerprint density at radius 2 is 1.73 bits per heavy atom. The molecule has 1 aliphatic rings. The molecular weight excluding hydrogens is 424 g/mol. The van der Waals surface area contributed by atoms with Gasteiger partial charge in [0.2, 0.25) is 5.82 Å². The van der Waals surface area contributed by atoms with Crippen LogP contribution in [0, 0.1) is 6.92 Å². The van der Waals surface area contributed by atoms with E-state index in [1.807, 2.05) is 36.4 Å². The Bertz CT molecular complexity index is 1280. The van der Waals surface area contributed by atoms with Crippen molar-refractivity contribution in [1.29, 1.82) is 0 Å². The van der Waals surface area contributed by atoms with Gasteiger partial charge in [-0.1, -0.05) is 24.3 Å². The van der Waals surface area contributed by atoms with Gasteiger partial charge in [0.25, 0.3) is 11.8 Å². The van der Waals surface area contributed by atoms with Crippen molar-refractivity contribution in [2.75, 3.05) is 13.1 Å². The first-order chi connectivity index (χ1) is 16.1. The highest BCUT2D eigenvalue weighted by molar-refractivity contribution is 5.94. The second-order valence-electron chi connectivity index (χ2n) is 7.42. The third-order valence-corrected chi connectivity index (χ3v) is 5.15. The summed E-state index contributed by atoms with van der Waals surface area (Å²) in [5.74, 6) is -0.369. The second kappa shape index (κ2) is 8.57. The third-order valence-electron chi connectivity index (χ3n) is 5.15. The number of carbonyl (C=O) groups excluding carboxylic acids is 2. The molecule has 3 aromatic heterocycles. The maximum atomic E-state index is 13.2. The molecule has 0 unspecified atom stereocenters. The molecule has 4 aromatic rings. The van der Waals surface area contributed by atoms with E-state index >= 15 is 0 Å². The van der Waals surface area contributed by atoms with Crippen LogP contribution in [0.1, 0.15) is 22.6 Å². The molecule has 1 aliphatic heterocycles. The van der Waals surface area contributed by atoms with Gasteiger partial charge < -0.3 is 0 Å². The Balaban J connectivity index is 1.31. The van der Waals surface area contributed by atoms with E-state index in [0.717, 1.165) is 5.69 Å². The van der Waals surface area contributed by atoms with Crippen molar-refractivity contribution < 1.29 is 9.59 Å². The Morgan fingerprint density at radius 1 is 0.939 bits per heavy atom. The molecule has 12 nitrogen and oxygen atoms in total. The first-order valence-corrected chi connectivity index (χ1v) is 10.4. The van der Waals surface area contributed by atoms with Crippen LogP contribution in [0.5, 0.6) is 0 Å². The van der Waals surface area contributed by atoms with Crippen molar-refractivity contribution in [2.45, 2.75) is 19.9 Å². The van der Waals surface area contributed by atoms with Crippen molar-refractivity contribution >= 4 is 11.8 Å². The molecule has 33 heavy (non-hydrogen) atoms. The number of amides is 2. The van der Waals surface area contributed by atoms with E-state index in [1.165, 1.54) is 19.6 Å². The second-order valence-corrected chi connectivity index (χ2v) is 7.42. The molecule has 12 heteroatoms. The maximum absolute atomic E-state index is 13.2. The van der Waals surface area contributed by atoms with Crippen molar-refractivity contribution in [3.63, 3.8) is 0 Å². The predicted octanol–water partition coefficient (Wildman–Crippen LogP) is 0.914. The number of tetrazole rings is 1. The van der Waals surface area contributed by atoms with Gasteiger partial charge in [0, 0.05) is 19.3 Å². The lowest BCUT2D eigenvalue weighted by molar-refractivity contribution is -0.141. The Morgan fingerprint density at radius 3 is 2.52 bits per heavy atom. The third kappa shape index (κ3) is 4.05. The summed E-state index contributed by atoms with van der Waals surface area (Å²) in [6.07, 6.45) is 2.29. The number of hydrazine groups is 1. The van der Waals surface area contributed by atoms with E-state index in [-0.39, 0.29) is 24.1 Å². The molecule has 0 saturated carbocycles. The van der Waals surface area contributed by atoms with Crippen LogP contribution in [-0.2, 0) is 11.3 Å². The van der Waals surface area contributed by atoms with E-state index < -0.39 is 0 Å². The normalized spacial score (nSPS) is 13.5. The Labute approximate surface area is 188 Å². The molecule has 0 bridgehead atoms. The summed E-state index contributed by atoms with van der Waals surface area (Å²) in [5.41, 5.74) is 2.00. The van der Waals surface area contributed by atoms with Gasteiger partial charge in [0.1, 0.15) is 12.2 Å². The fourth-order valence-corrected chi connectivity index (χ4v) is 3.57. The largest absolute Gasteiger partial charge is 0.294 e. The molecule has 4 heterocycles. The quantitative estimate of drug-likeness (QED) is 0.444. The SMILES string of the molecule is Cc1nn(-c2ccccc2)nc1C(=O)N1CCCN1C(=O)Cn1nnc(-c2ccccn2)n1. The average Bonchev–Trinajstić information content (AvgIpc) is 3.60. The summed E-state index contributed by atoms with van der Waals surface area (Å²) in [5, 5.41) is 23.7. The van der Waals surface area contributed by atoms with Gasteiger partial charge in [0.05, 0.1) is 11.4 Å². The van der Waals surface area contributed by atoms with Gasteiger partial charge >= 0.3 is 0 Å². The number of rotatable bonds is 5. The van der Waals surface area contributed by atoms with E-state index in [4.69, 9.17) is 0 Å². The van der Waals surface area contributed by atoms with Gasteiger partial charge in [-0.3, -0.25) is 14.6 Å². The number of aryl methyl sites for hydroxylation is 1. The van der Waals surface area contributed by atoms with Crippen LogP contribution in [0.2, 0.25) is 0 Å². The smallest absolute Gasteiger partial charge is 0.271 e. The first kappa shape index (κ1) is 20.4. The number of hydrogen-bond donors (Lipinski definition) is 0.